The predicted molar refractivity (Wildman–Crippen MR) is 54.2 cm³/mol. The molecule has 4 nitrogen and oxygen atoms in total. The van der Waals surface area contributed by atoms with E-state index in [-0.39, 0.29) is 11.8 Å². The molecule has 2 aliphatic rings. The van der Waals surface area contributed by atoms with Gasteiger partial charge < -0.3 is 10.4 Å². The van der Waals surface area contributed by atoms with Gasteiger partial charge in [-0.2, -0.15) is 0 Å². The molecule has 1 spiro atoms. The van der Waals surface area contributed by atoms with Crippen LogP contribution in [0.3, 0.4) is 0 Å². The lowest BCUT2D eigenvalue weighted by molar-refractivity contribution is -0.148. The Morgan fingerprint density at radius 1 is 1.40 bits per heavy atom. The van der Waals surface area contributed by atoms with Crippen LogP contribution in [0.4, 0.5) is 0 Å². The summed E-state index contributed by atoms with van der Waals surface area (Å²) in [6.45, 7) is 1.37. The standard InChI is InChI=1S/C11H17NO3/c1-7(13)12-9(10(14)15)8-5-11(6-8)3-2-4-11/h8-9H,2-6H2,1H3,(H,12,13)(H,14,15). The topological polar surface area (TPSA) is 66.4 Å². The first-order valence-electron chi connectivity index (χ1n) is 5.52. The van der Waals surface area contributed by atoms with Gasteiger partial charge in [-0.3, -0.25) is 4.79 Å². The third kappa shape index (κ3) is 1.85. The molecule has 2 saturated carbocycles. The van der Waals surface area contributed by atoms with Crippen molar-refractivity contribution in [3.8, 4) is 0 Å². The van der Waals surface area contributed by atoms with Gasteiger partial charge >= 0.3 is 5.97 Å². The van der Waals surface area contributed by atoms with E-state index in [2.05, 4.69) is 5.32 Å². The predicted octanol–water partition coefficient (Wildman–Crippen LogP) is 1.16. The number of aliphatic carboxylic acids is 1. The van der Waals surface area contributed by atoms with Crippen molar-refractivity contribution in [2.45, 2.75) is 45.1 Å². The molecule has 1 amide bonds. The zero-order chi connectivity index (χ0) is 11.1. The highest BCUT2D eigenvalue weighted by molar-refractivity contribution is 5.82. The first-order valence-corrected chi connectivity index (χ1v) is 5.52. The highest BCUT2D eigenvalue weighted by atomic mass is 16.4. The van der Waals surface area contributed by atoms with E-state index in [9.17, 15) is 9.59 Å². The van der Waals surface area contributed by atoms with Crippen LogP contribution in [0.1, 0.15) is 39.0 Å². The molecule has 2 N–H and O–H groups in total. The number of carbonyl (C=O) groups is 2. The van der Waals surface area contributed by atoms with Crippen LogP contribution < -0.4 is 5.32 Å². The third-order valence-electron chi connectivity index (χ3n) is 3.90. The number of carboxylic acids is 1. The zero-order valence-electron chi connectivity index (χ0n) is 8.95. The van der Waals surface area contributed by atoms with Crippen molar-refractivity contribution in [3.63, 3.8) is 0 Å². The SMILES string of the molecule is CC(=O)NC(C(=O)O)C1CC2(CCC2)C1. The van der Waals surface area contributed by atoms with Gasteiger partial charge in [-0.25, -0.2) is 4.79 Å². The average molecular weight is 211 g/mol. The first-order chi connectivity index (χ1) is 7.02. The van der Waals surface area contributed by atoms with Crippen LogP contribution >= 0.6 is 0 Å². The number of nitrogens with one attached hydrogen (secondary N) is 1. The normalized spacial score (nSPS) is 25.1. The van der Waals surface area contributed by atoms with Crippen molar-refractivity contribution in [3.05, 3.63) is 0 Å². The second-order valence-electron chi connectivity index (χ2n) is 5.04. The van der Waals surface area contributed by atoms with E-state index in [0.29, 0.717) is 5.41 Å². The van der Waals surface area contributed by atoms with Crippen LogP contribution in [0.15, 0.2) is 0 Å². The van der Waals surface area contributed by atoms with Gasteiger partial charge in [0.15, 0.2) is 0 Å². The molecule has 2 fully saturated rings. The summed E-state index contributed by atoms with van der Waals surface area (Å²) < 4.78 is 0. The molecular weight excluding hydrogens is 194 g/mol. The summed E-state index contributed by atoms with van der Waals surface area (Å²) in [7, 11) is 0. The van der Waals surface area contributed by atoms with Gasteiger partial charge in [-0.1, -0.05) is 6.42 Å². The van der Waals surface area contributed by atoms with Crippen LogP contribution in [0.2, 0.25) is 0 Å². The zero-order valence-corrected chi connectivity index (χ0v) is 8.95. The van der Waals surface area contributed by atoms with Crippen LogP contribution in [0.25, 0.3) is 0 Å². The molecule has 15 heavy (non-hydrogen) atoms. The number of rotatable bonds is 3. The molecule has 84 valence electrons. The van der Waals surface area contributed by atoms with E-state index in [1.54, 1.807) is 0 Å². The summed E-state index contributed by atoms with van der Waals surface area (Å²) >= 11 is 0. The van der Waals surface area contributed by atoms with E-state index < -0.39 is 12.0 Å². The van der Waals surface area contributed by atoms with E-state index in [0.717, 1.165) is 12.8 Å². The van der Waals surface area contributed by atoms with Gasteiger partial charge in [-0.15, -0.1) is 0 Å². The monoisotopic (exact) mass is 211 g/mol. The molecule has 0 aromatic carbocycles. The van der Waals surface area contributed by atoms with Crippen molar-refractivity contribution in [1.82, 2.24) is 5.32 Å². The molecule has 1 unspecified atom stereocenters. The largest absolute Gasteiger partial charge is 0.480 e. The number of carboxylic acid groups (broad SMARTS) is 1. The molecular formula is C11H17NO3. The summed E-state index contributed by atoms with van der Waals surface area (Å²) in [5, 5.41) is 11.5. The third-order valence-corrected chi connectivity index (χ3v) is 3.90. The summed E-state index contributed by atoms with van der Waals surface area (Å²) in [6, 6.07) is -0.672. The smallest absolute Gasteiger partial charge is 0.326 e. The molecule has 4 heteroatoms. The Morgan fingerprint density at radius 2 is 2.00 bits per heavy atom. The van der Waals surface area contributed by atoms with Gasteiger partial charge in [0, 0.05) is 6.92 Å². The minimum Gasteiger partial charge on any atom is -0.480 e. The quantitative estimate of drug-likeness (QED) is 0.736. The summed E-state index contributed by atoms with van der Waals surface area (Å²) in [5.41, 5.74) is 0.455. The molecule has 0 radical (unpaired) electrons. The summed E-state index contributed by atoms with van der Waals surface area (Å²) in [6.07, 6.45) is 5.73. The average Bonchev–Trinajstić information content (AvgIpc) is 1.95. The molecule has 0 saturated heterocycles. The van der Waals surface area contributed by atoms with E-state index in [4.69, 9.17) is 5.11 Å². The van der Waals surface area contributed by atoms with Gasteiger partial charge in [0.25, 0.3) is 0 Å². The minimum atomic E-state index is -0.899. The van der Waals surface area contributed by atoms with Gasteiger partial charge in [0.1, 0.15) is 6.04 Å². The second-order valence-corrected chi connectivity index (χ2v) is 5.04. The Labute approximate surface area is 89.0 Å². The van der Waals surface area contributed by atoms with Crippen LogP contribution in [-0.4, -0.2) is 23.0 Å². The van der Waals surface area contributed by atoms with Crippen molar-refractivity contribution in [2.75, 3.05) is 0 Å². The molecule has 0 aromatic rings. The Hall–Kier alpha value is -1.06. The Kier molecular flexibility index (Phi) is 2.44. The molecule has 2 rings (SSSR count). The van der Waals surface area contributed by atoms with Gasteiger partial charge in [0.2, 0.25) is 5.91 Å². The van der Waals surface area contributed by atoms with E-state index >= 15 is 0 Å². The minimum absolute atomic E-state index is 0.145. The van der Waals surface area contributed by atoms with E-state index in [1.807, 2.05) is 0 Å². The number of amides is 1. The molecule has 0 heterocycles. The summed E-state index contributed by atoms with van der Waals surface area (Å²) in [5.74, 6) is -1.01. The van der Waals surface area contributed by atoms with Crippen molar-refractivity contribution in [2.24, 2.45) is 11.3 Å². The molecule has 0 aliphatic heterocycles. The maximum absolute atomic E-state index is 11.0. The Bertz CT molecular complexity index is 288. The first kappa shape index (κ1) is 10.5. The Balaban J connectivity index is 1.90. The fourth-order valence-corrected chi connectivity index (χ4v) is 2.97. The van der Waals surface area contributed by atoms with Crippen LogP contribution in [0.5, 0.6) is 0 Å². The summed E-state index contributed by atoms with van der Waals surface area (Å²) in [4.78, 5) is 21.8. The van der Waals surface area contributed by atoms with Gasteiger partial charge in [-0.05, 0) is 37.0 Å². The number of carbonyl (C=O) groups excluding carboxylic acids is 1. The van der Waals surface area contributed by atoms with Crippen LogP contribution in [-0.2, 0) is 9.59 Å². The number of hydrogen-bond acceptors (Lipinski definition) is 2. The highest BCUT2D eigenvalue weighted by Gasteiger charge is 2.51. The fourth-order valence-electron chi connectivity index (χ4n) is 2.97. The highest BCUT2D eigenvalue weighted by Crippen LogP contribution is 2.59. The maximum atomic E-state index is 11.0. The molecule has 2 aliphatic carbocycles. The fraction of sp³-hybridized carbons (Fsp3) is 0.818. The van der Waals surface area contributed by atoms with Crippen molar-refractivity contribution < 1.29 is 14.7 Å². The lowest BCUT2D eigenvalue weighted by Crippen LogP contribution is -2.54. The molecule has 0 aromatic heterocycles. The molecule has 0 bridgehead atoms. The lowest BCUT2D eigenvalue weighted by Gasteiger charge is -2.55. The van der Waals surface area contributed by atoms with Crippen molar-refractivity contribution >= 4 is 11.9 Å². The van der Waals surface area contributed by atoms with Crippen molar-refractivity contribution in [1.29, 1.82) is 0 Å². The van der Waals surface area contributed by atoms with Crippen LogP contribution in [0, 0.1) is 11.3 Å². The molecule has 1 atom stereocenters. The van der Waals surface area contributed by atoms with Gasteiger partial charge in [0.05, 0.1) is 0 Å². The number of hydrogen-bond donors (Lipinski definition) is 2. The second kappa shape index (κ2) is 3.51. The maximum Gasteiger partial charge on any atom is 0.326 e. The van der Waals surface area contributed by atoms with E-state index in [1.165, 1.54) is 26.2 Å². The lowest BCUT2D eigenvalue weighted by atomic mass is 9.50. The Morgan fingerprint density at radius 3 is 2.33 bits per heavy atom.